The summed E-state index contributed by atoms with van der Waals surface area (Å²) in [5, 5.41) is 18.2. The third kappa shape index (κ3) is 8.40. The van der Waals surface area contributed by atoms with Crippen LogP contribution in [0.5, 0.6) is 5.75 Å². The molecule has 3 aromatic heterocycles. The number of ether oxygens (including phenoxy) is 1. The number of benzene rings is 3. The predicted octanol–water partition coefficient (Wildman–Crippen LogP) is 7.12. The van der Waals surface area contributed by atoms with Gasteiger partial charge in [0.1, 0.15) is 29.8 Å². The number of rotatable bonds is 13. The first-order valence-electron chi connectivity index (χ1n) is 16.5. The number of anilines is 4. The Morgan fingerprint density at radius 3 is 2.50 bits per heavy atom. The van der Waals surface area contributed by atoms with Gasteiger partial charge < -0.3 is 20.7 Å². The molecule has 6 rings (SSSR count). The number of nitrogens with one attached hydrogen (secondary N) is 4. The SMILES string of the molecule is CCCCc1cc(NC(=O)Nc2ccc(OCc3ccnc(Nc4cncc(CC(=O)NC)n4)c3)c3ccccc23)n(-c2ccc(C)cc2)n1. The zero-order chi connectivity index (χ0) is 34.9. The van der Waals surface area contributed by atoms with Gasteiger partial charge >= 0.3 is 6.03 Å². The molecule has 0 fully saturated rings. The molecule has 0 aliphatic heterocycles. The minimum Gasteiger partial charge on any atom is -0.488 e. The van der Waals surface area contributed by atoms with Crippen LogP contribution in [0.2, 0.25) is 0 Å². The Morgan fingerprint density at radius 2 is 1.70 bits per heavy atom. The molecule has 12 nitrogen and oxygen atoms in total. The first kappa shape index (κ1) is 33.6. The average Bonchev–Trinajstić information content (AvgIpc) is 3.53. The number of likely N-dealkylation sites (N-methyl/N-ethyl adjacent to an activating group) is 1. The number of amides is 3. The predicted molar refractivity (Wildman–Crippen MR) is 195 cm³/mol. The van der Waals surface area contributed by atoms with E-state index in [0.717, 1.165) is 52.5 Å². The van der Waals surface area contributed by atoms with Gasteiger partial charge in [-0.05, 0) is 61.7 Å². The smallest absolute Gasteiger partial charge is 0.324 e. The molecule has 12 heteroatoms. The monoisotopic (exact) mass is 669 g/mol. The van der Waals surface area contributed by atoms with Crippen molar-refractivity contribution in [2.75, 3.05) is 23.0 Å². The van der Waals surface area contributed by atoms with E-state index in [1.807, 2.05) is 85.8 Å². The van der Waals surface area contributed by atoms with Crippen molar-refractivity contribution < 1.29 is 14.3 Å². The van der Waals surface area contributed by atoms with Crippen LogP contribution < -0.4 is 26.0 Å². The van der Waals surface area contributed by atoms with Crippen molar-refractivity contribution in [3.63, 3.8) is 0 Å². The van der Waals surface area contributed by atoms with Crippen molar-refractivity contribution in [2.24, 2.45) is 0 Å². The van der Waals surface area contributed by atoms with E-state index in [1.54, 1.807) is 30.3 Å². The van der Waals surface area contributed by atoms with Gasteiger partial charge in [-0.15, -0.1) is 0 Å². The lowest BCUT2D eigenvalue weighted by Gasteiger charge is -2.15. The molecule has 0 unspecified atom stereocenters. The molecule has 0 bridgehead atoms. The molecular formula is C38H39N9O3. The van der Waals surface area contributed by atoms with Crippen LogP contribution in [0.25, 0.3) is 16.5 Å². The standard InChI is InChI=1S/C38H39N9O3/c1-4-5-8-27-20-36(47(46-27)29-13-11-25(2)12-14-29)45-38(49)43-32-15-16-33(31-10-7-6-9-30(31)32)50-24-26-17-18-41-34(19-26)44-35-23-40-22-28(42-35)21-37(48)39-3/h6-7,9-20,22-23H,4-5,8,21,24H2,1-3H3,(H,39,48)(H,41,42,44)(H2,43,45,49). The van der Waals surface area contributed by atoms with Gasteiger partial charge in [0.25, 0.3) is 0 Å². The number of unbranched alkanes of at least 4 members (excludes halogenated alkanes) is 1. The summed E-state index contributed by atoms with van der Waals surface area (Å²) in [5.41, 5.74) is 5.02. The summed E-state index contributed by atoms with van der Waals surface area (Å²) in [6.07, 6.45) is 7.85. The largest absolute Gasteiger partial charge is 0.488 e. The summed E-state index contributed by atoms with van der Waals surface area (Å²) >= 11 is 0. The van der Waals surface area contributed by atoms with Crippen LogP contribution >= 0.6 is 0 Å². The second kappa shape index (κ2) is 15.7. The van der Waals surface area contributed by atoms with Crippen LogP contribution in [0.15, 0.2) is 97.5 Å². The van der Waals surface area contributed by atoms with Crippen molar-refractivity contribution in [1.29, 1.82) is 0 Å². The van der Waals surface area contributed by atoms with E-state index in [2.05, 4.69) is 43.1 Å². The van der Waals surface area contributed by atoms with Crippen LogP contribution in [0, 0.1) is 6.92 Å². The Balaban J connectivity index is 1.14. The van der Waals surface area contributed by atoms with Gasteiger partial charge in [0.05, 0.1) is 35.4 Å². The number of hydrogen-bond acceptors (Lipinski definition) is 8. The highest BCUT2D eigenvalue weighted by molar-refractivity contribution is 6.07. The molecule has 0 aliphatic rings. The summed E-state index contributed by atoms with van der Waals surface area (Å²) in [7, 11) is 1.58. The first-order valence-corrected chi connectivity index (χ1v) is 16.5. The van der Waals surface area contributed by atoms with E-state index in [4.69, 9.17) is 9.84 Å². The van der Waals surface area contributed by atoms with Crippen molar-refractivity contribution in [3.05, 3.63) is 120 Å². The Kier molecular flexibility index (Phi) is 10.6. The van der Waals surface area contributed by atoms with Crippen molar-refractivity contribution in [1.82, 2.24) is 30.0 Å². The van der Waals surface area contributed by atoms with E-state index in [-0.39, 0.29) is 25.0 Å². The molecule has 0 atom stereocenters. The number of pyridine rings is 1. The minimum absolute atomic E-state index is 0.132. The lowest BCUT2D eigenvalue weighted by molar-refractivity contribution is -0.120. The van der Waals surface area contributed by atoms with Gasteiger partial charge in [-0.25, -0.2) is 19.4 Å². The summed E-state index contributed by atoms with van der Waals surface area (Å²) in [5.74, 6) is 2.16. The third-order valence-corrected chi connectivity index (χ3v) is 7.98. The van der Waals surface area contributed by atoms with Crippen LogP contribution in [0.3, 0.4) is 0 Å². The normalized spacial score (nSPS) is 10.9. The second-order valence-corrected chi connectivity index (χ2v) is 11.8. The number of carbonyl (C=O) groups excluding carboxylic acids is 2. The number of carbonyl (C=O) groups is 2. The fourth-order valence-electron chi connectivity index (χ4n) is 5.39. The van der Waals surface area contributed by atoms with Crippen LogP contribution in [0.4, 0.5) is 27.9 Å². The summed E-state index contributed by atoms with van der Waals surface area (Å²) in [6, 6.07) is 24.8. The molecule has 4 N–H and O–H groups in total. The van der Waals surface area contributed by atoms with Gasteiger partial charge in [0.15, 0.2) is 0 Å². The summed E-state index contributed by atoms with van der Waals surface area (Å²) in [6.45, 7) is 4.46. The van der Waals surface area contributed by atoms with E-state index in [1.165, 1.54) is 0 Å². The molecule has 3 heterocycles. The van der Waals surface area contributed by atoms with E-state index >= 15 is 0 Å². The number of aryl methyl sites for hydroxylation is 2. The second-order valence-electron chi connectivity index (χ2n) is 11.8. The molecule has 0 spiro atoms. The molecule has 0 radical (unpaired) electrons. The van der Waals surface area contributed by atoms with Gasteiger partial charge in [-0.1, -0.05) is 55.3 Å². The van der Waals surface area contributed by atoms with Gasteiger partial charge in [0.2, 0.25) is 5.91 Å². The summed E-state index contributed by atoms with van der Waals surface area (Å²) < 4.78 is 8.06. The highest BCUT2D eigenvalue weighted by atomic mass is 16.5. The third-order valence-electron chi connectivity index (χ3n) is 7.98. The fourth-order valence-corrected chi connectivity index (χ4v) is 5.39. The maximum Gasteiger partial charge on any atom is 0.324 e. The number of hydrogen-bond donors (Lipinski definition) is 4. The van der Waals surface area contributed by atoms with Crippen LogP contribution in [-0.4, -0.2) is 43.7 Å². The Bertz CT molecular complexity index is 2110. The Hall–Kier alpha value is -6.30. The van der Waals surface area contributed by atoms with Crippen LogP contribution in [-0.2, 0) is 24.2 Å². The lowest BCUT2D eigenvalue weighted by atomic mass is 10.1. The van der Waals surface area contributed by atoms with Crippen molar-refractivity contribution >= 4 is 45.9 Å². The molecule has 6 aromatic rings. The minimum atomic E-state index is -0.375. The highest BCUT2D eigenvalue weighted by Gasteiger charge is 2.15. The molecule has 0 saturated heterocycles. The maximum atomic E-state index is 13.4. The zero-order valence-corrected chi connectivity index (χ0v) is 28.2. The number of urea groups is 1. The van der Waals surface area contributed by atoms with Gasteiger partial charge in [-0.2, -0.15) is 5.10 Å². The molecular weight excluding hydrogens is 630 g/mol. The Morgan fingerprint density at radius 1 is 0.880 bits per heavy atom. The maximum absolute atomic E-state index is 13.4. The Labute approximate surface area is 290 Å². The van der Waals surface area contributed by atoms with Gasteiger partial charge in [-0.3, -0.25) is 15.1 Å². The van der Waals surface area contributed by atoms with E-state index < -0.39 is 0 Å². The molecule has 0 saturated carbocycles. The van der Waals surface area contributed by atoms with E-state index in [9.17, 15) is 9.59 Å². The van der Waals surface area contributed by atoms with E-state index in [0.29, 0.717) is 34.6 Å². The molecule has 50 heavy (non-hydrogen) atoms. The molecule has 3 amide bonds. The van der Waals surface area contributed by atoms with Crippen molar-refractivity contribution in [3.8, 4) is 11.4 Å². The topological polar surface area (TPSA) is 148 Å². The average molecular weight is 670 g/mol. The lowest BCUT2D eigenvalue weighted by Crippen LogP contribution is -2.21. The number of aromatic nitrogens is 5. The number of nitrogens with zero attached hydrogens (tertiary/aromatic N) is 5. The quantitative estimate of drug-likeness (QED) is 0.102. The number of fused-ring (bicyclic) bond motifs is 1. The molecule has 254 valence electrons. The first-order chi connectivity index (χ1) is 24.4. The molecule has 0 aliphatic carbocycles. The fraction of sp³-hybridized carbons (Fsp3) is 0.211. The highest BCUT2D eigenvalue weighted by Crippen LogP contribution is 2.32. The summed E-state index contributed by atoms with van der Waals surface area (Å²) in [4.78, 5) is 38.2. The van der Waals surface area contributed by atoms with Crippen LogP contribution in [0.1, 0.15) is 42.3 Å². The van der Waals surface area contributed by atoms with Crippen molar-refractivity contribution in [2.45, 2.75) is 46.1 Å². The molecule has 3 aromatic carbocycles. The zero-order valence-electron chi connectivity index (χ0n) is 28.2. The van der Waals surface area contributed by atoms with Gasteiger partial charge in [0, 0.05) is 36.3 Å².